The molecule has 1 atom stereocenters. The number of hydrogen-bond acceptors (Lipinski definition) is 3. The van der Waals surface area contributed by atoms with E-state index in [9.17, 15) is 13.2 Å². The summed E-state index contributed by atoms with van der Waals surface area (Å²) in [5.74, 6) is -0.517. The van der Waals surface area contributed by atoms with Gasteiger partial charge in [0.15, 0.2) is 0 Å². The van der Waals surface area contributed by atoms with Crippen LogP contribution < -0.4 is 5.32 Å². The highest BCUT2D eigenvalue weighted by atomic mass is 35.5. The van der Waals surface area contributed by atoms with E-state index in [2.05, 4.69) is 5.32 Å². The highest BCUT2D eigenvalue weighted by Crippen LogP contribution is 2.27. The molecule has 1 aliphatic heterocycles. The fourth-order valence-corrected chi connectivity index (χ4v) is 5.24. The van der Waals surface area contributed by atoms with Gasteiger partial charge < -0.3 is 5.32 Å². The van der Waals surface area contributed by atoms with Crippen LogP contribution in [0.25, 0.3) is 0 Å². The van der Waals surface area contributed by atoms with Crippen LogP contribution >= 0.6 is 11.6 Å². The van der Waals surface area contributed by atoms with Crippen LogP contribution in [0.2, 0.25) is 5.02 Å². The lowest BCUT2D eigenvalue weighted by Crippen LogP contribution is -2.43. The number of nitrogens with one attached hydrogen (secondary N) is 1. The van der Waals surface area contributed by atoms with Crippen molar-refractivity contribution in [2.24, 2.45) is 5.92 Å². The fraction of sp³-hybridized carbons (Fsp3) is 0.381. The number of nitrogens with zero attached hydrogens (tertiary/aromatic N) is 1. The molecule has 0 unspecified atom stereocenters. The standard InChI is InChI=1S/C21H25ClN2O3S/c1-3-16-7-4-5-9-20(16)23-21(25)17-8-6-12-24(14-17)28(26,27)18-11-10-15(2)19(22)13-18/h4-5,7,9-11,13,17H,3,6,8,12,14H2,1-2H3,(H,23,25)/t17-/m0/s1. The minimum Gasteiger partial charge on any atom is -0.326 e. The van der Waals surface area contributed by atoms with Gasteiger partial charge >= 0.3 is 0 Å². The van der Waals surface area contributed by atoms with E-state index in [4.69, 9.17) is 11.6 Å². The molecule has 5 nitrogen and oxygen atoms in total. The first-order valence-corrected chi connectivity index (χ1v) is 11.3. The van der Waals surface area contributed by atoms with Crippen molar-refractivity contribution in [1.82, 2.24) is 4.31 Å². The summed E-state index contributed by atoms with van der Waals surface area (Å²) >= 11 is 6.11. The maximum Gasteiger partial charge on any atom is 0.243 e. The molecule has 0 aliphatic carbocycles. The van der Waals surface area contributed by atoms with Gasteiger partial charge in [-0.1, -0.05) is 42.8 Å². The number of piperidine rings is 1. The Morgan fingerprint density at radius 2 is 2.00 bits per heavy atom. The Balaban J connectivity index is 1.76. The lowest BCUT2D eigenvalue weighted by Gasteiger charge is -2.31. The van der Waals surface area contributed by atoms with Gasteiger partial charge in [-0.25, -0.2) is 8.42 Å². The van der Waals surface area contributed by atoms with E-state index < -0.39 is 10.0 Å². The van der Waals surface area contributed by atoms with E-state index >= 15 is 0 Å². The molecule has 1 fully saturated rings. The van der Waals surface area contributed by atoms with Crippen molar-refractivity contribution in [1.29, 1.82) is 0 Å². The van der Waals surface area contributed by atoms with Crippen molar-refractivity contribution in [3.8, 4) is 0 Å². The summed E-state index contributed by atoms with van der Waals surface area (Å²) < 4.78 is 27.4. The zero-order valence-corrected chi connectivity index (χ0v) is 17.7. The van der Waals surface area contributed by atoms with Gasteiger partial charge in [0, 0.05) is 23.8 Å². The Hall–Kier alpha value is -1.89. The van der Waals surface area contributed by atoms with E-state index in [-0.39, 0.29) is 23.3 Å². The third kappa shape index (κ3) is 4.40. The highest BCUT2D eigenvalue weighted by Gasteiger charge is 2.33. The second kappa shape index (κ2) is 8.64. The Morgan fingerprint density at radius 3 is 2.71 bits per heavy atom. The molecule has 0 saturated carbocycles. The topological polar surface area (TPSA) is 66.5 Å². The molecule has 0 bridgehead atoms. The van der Waals surface area contributed by atoms with Gasteiger partial charge in [0.05, 0.1) is 10.8 Å². The summed E-state index contributed by atoms with van der Waals surface area (Å²) in [6.07, 6.45) is 2.13. The van der Waals surface area contributed by atoms with Crippen molar-refractivity contribution in [3.63, 3.8) is 0 Å². The van der Waals surface area contributed by atoms with Gasteiger partial charge in [-0.3, -0.25) is 4.79 Å². The average molecular weight is 421 g/mol. The van der Waals surface area contributed by atoms with Crippen LogP contribution in [0, 0.1) is 12.8 Å². The smallest absolute Gasteiger partial charge is 0.243 e. The minimum absolute atomic E-state index is 0.136. The minimum atomic E-state index is -3.68. The summed E-state index contributed by atoms with van der Waals surface area (Å²) in [7, 11) is -3.68. The molecule has 2 aromatic carbocycles. The molecule has 1 amide bonds. The summed E-state index contributed by atoms with van der Waals surface area (Å²) in [4.78, 5) is 13.0. The zero-order chi connectivity index (χ0) is 20.3. The maximum absolute atomic E-state index is 13.0. The van der Waals surface area contributed by atoms with Gasteiger partial charge in [-0.2, -0.15) is 4.31 Å². The molecule has 0 spiro atoms. The normalized spacial score (nSPS) is 18.0. The quantitative estimate of drug-likeness (QED) is 0.786. The number of sulfonamides is 1. The Morgan fingerprint density at radius 1 is 1.25 bits per heavy atom. The molecule has 2 aromatic rings. The molecule has 1 aliphatic rings. The fourth-order valence-electron chi connectivity index (χ4n) is 3.44. The number of halogens is 1. The molecular weight excluding hydrogens is 396 g/mol. The summed E-state index contributed by atoms with van der Waals surface area (Å²) in [5.41, 5.74) is 2.68. The van der Waals surface area contributed by atoms with Gasteiger partial charge in [0.1, 0.15) is 0 Å². The lowest BCUT2D eigenvalue weighted by molar-refractivity contribution is -0.120. The molecule has 1 N–H and O–H groups in total. The van der Waals surface area contributed by atoms with E-state index in [1.807, 2.05) is 38.1 Å². The molecular formula is C21H25ClN2O3S. The summed E-state index contributed by atoms with van der Waals surface area (Å²) in [6.45, 7) is 4.44. The van der Waals surface area contributed by atoms with Crippen molar-refractivity contribution in [2.45, 2.75) is 38.0 Å². The summed E-state index contributed by atoms with van der Waals surface area (Å²) in [5, 5.41) is 3.40. The monoisotopic (exact) mass is 420 g/mol. The molecule has 0 aromatic heterocycles. The van der Waals surface area contributed by atoms with Crippen LogP contribution in [0.5, 0.6) is 0 Å². The predicted molar refractivity (Wildman–Crippen MR) is 112 cm³/mol. The molecule has 1 saturated heterocycles. The number of hydrogen-bond donors (Lipinski definition) is 1. The van der Waals surface area contributed by atoms with Gasteiger partial charge in [-0.15, -0.1) is 0 Å². The number of carbonyl (C=O) groups excluding carboxylic acids is 1. The summed E-state index contributed by atoms with van der Waals surface area (Å²) in [6, 6.07) is 12.4. The molecule has 0 radical (unpaired) electrons. The average Bonchev–Trinajstić information content (AvgIpc) is 2.70. The number of aryl methyl sites for hydroxylation is 2. The number of rotatable bonds is 5. The van der Waals surface area contributed by atoms with Gasteiger partial charge in [0.2, 0.25) is 15.9 Å². The Labute approximate surface area is 171 Å². The molecule has 7 heteroatoms. The first-order valence-electron chi connectivity index (χ1n) is 9.48. The van der Waals surface area contributed by atoms with Crippen molar-refractivity contribution >= 4 is 33.2 Å². The SMILES string of the molecule is CCc1ccccc1NC(=O)[C@H]1CCCN(S(=O)(=O)c2ccc(C)c(Cl)c2)C1. The van der Waals surface area contributed by atoms with E-state index in [0.29, 0.717) is 24.4 Å². The van der Waals surface area contributed by atoms with Crippen LogP contribution in [-0.4, -0.2) is 31.7 Å². The third-order valence-electron chi connectivity index (χ3n) is 5.19. The third-order valence-corrected chi connectivity index (χ3v) is 7.46. The van der Waals surface area contributed by atoms with Crippen LogP contribution in [0.4, 0.5) is 5.69 Å². The molecule has 28 heavy (non-hydrogen) atoms. The molecule has 1 heterocycles. The number of para-hydroxylation sites is 1. The predicted octanol–water partition coefficient (Wildman–Crippen LogP) is 4.25. The largest absolute Gasteiger partial charge is 0.326 e. The van der Waals surface area contributed by atoms with E-state index in [1.165, 1.54) is 10.4 Å². The van der Waals surface area contributed by atoms with Gasteiger partial charge in [0.25, 0.3) is 0 Å². The number of benzene rings is 2. The second-order valence-electron chi connectivity index (χ2n) is 7.11. The molecule has 3 rings (SSSR count). The number of amides is 1. The van der Waals surface area contributed by atoms with Crippen molar-refractivity contribution in [2.75, 3.05) is 18.4 Å². The van der Waals surface area contributed by atoms with Crippen molar-refractivity contribution < 1.29 is 13.2 Å². The Kier molecular flexibility index (Phi) is 6.43. The Bertz CT molecular complexity index is 975. The first-order chi connectivity index (χ1) is 13.3. The first kappa shape index (κ1) is 20.8. The maximum atomic E-state index is 13.0. The van der Waals surface area contributed by atoms with E-state index in [0.717, 1.165) is 23.2 Å². The number of carbonyl (C=O) groups is 1. The lowest BCUT2D eigenvalue weighted by atomic mass is 9.98. The number of anilines is 1. The molecule has 150 valence electrons. The van der Waals surface area contributed by atoms with Crippen LogP contribution in [0.15, 0.2) is 47.4 Å². The van der Waals surface area contributed by atoms with Crippen LogP contribution in [0.1, 0.15) is 30.9 Å². The highest BCUT2D eigenvalue weighted by molar-refractivity contribution is 7.89. The second-order valence-corrected chi connectivity index (χ2v) is 9.46. The zero-order valence-electron chi connectivity index (χ0n) is 16.1. The van der Waals surface area contributed by atoms with Crippen LogP contribution in [0.3, 0.4) is 0 Å². The van der Waals surface area contributed by atoms with Crippen molar-refractivity contribution in [3.05, 3.63) is 58.6 Å². The van der Waals surface area contributed by atoms with Gasteiger partial charge in [-0.05, 0) is 55.5 Å². The van der Waals surface area contributed by atoms with Crippen LogP contribution in [-0.2, 0) is 21.2 Å². The van der Waals surface area contributed by atoms with E-state index in [1.54, 1.807) is 12.1 Å².